The number of carbonyl (C=O) groups is 1. The molecule has 1 saturated carbocycles. The van der Waals surface area contributed by atoms with E-state index in [0.717, 1.165) is 25.3 Å². The molecule has 0 saturated heterocycles. The minimum absolute atomic E-state index is 0.0467. The summed E-state index contributed by atoms with van der Waals surface area (Å²) >= 11 is 2.93. The Balaban J connectivity index is 2.07. The lowest BCUT2D eigenvalue weighted by molar-refractivity contribution is 0.0661. The maximum absolute atomic E-state index is 12.2. The van der Waals surface area contributed by atoms with Crippen LogP contribution in [0.4, 0.5) is 0 Å². The Hall–Kier alpha value is -0.900. The predicted molar refractivity (Wildman–Crippen MR) is 76.7 cm³/mol. The topological polar surface area (TPSA) is 106 Å². The summed E-state index contributed by atoms with van der Waals surface area (Å²) in [6, 6.07) is 0.990. The fraction of sp³-hybridized carbons (Fsp3) is 0.583. The van der Waals surface area contributed by atoms with Gasteiger partial charge in [0.2, 0.25) is 15.8 Å². The average Bonchev–Trinajstić information content (AvgIpc) is 3.08. The number of halogens is 1. The number of carboxylic acid groups (broad SMARTS) is 1. The molecule has 0 spiro atoms. The lowest BCUT2D eigenvalue weighted by atomic mass is 10.0. The van der Waals surface area contributed by atoms with E-state index in [1.54, 1.807) is 7.11 Å². The standard InChI is InChI=1S/C12H16BrNO6S/c1-19-5-4-12(2-3-12)7-14-21(17,18)9-6-8(11(15)16)20-10(9)13/h6,14H,2-5,7H2,1H3,(H,15,16). The maximum Gasteiger partial charge on any atom is 0.371 e. The number of furan rings is 1. The summed E-state index contributed by atoms with van der Waals surface area (Å²) in [5, 5.41) is 8.81. The zero-order valence-corrected chi connectivity index (χ0v) is 13.8. The largest absolute Gasteiger partial charge is 0.475 e. The molecule has 21 heavy (non-hydrogen) atoms. The van der Waals surface area contributed by atoms with Gasteiger partial charge in [-0.3, -0.25) is 0 Å². The van der Waals surface area contributed by atoms with E-state index >= 15 is 0 Å². The summed E-state index contributed by atoms with van der Waals surface area (Å²) in [5.74, 6) is -1.75. The molecule has 0 bridgehead atoms. The molecule has 0 unspecified atom stereocenters. The van der Waals surface area contributed by atoms with E-state index in [9.17, 15) is 13.2 Å². The second-order valence-electron chi connectivity index (χ2n) is 5.12. The van der Waals surface area contributed by atoms with Crippen molar-refractivity contribution in [2.24, 2.45) is 5.41 Å². The third-order valence-corrected chi connectivity index (χ3v) is 5.84. The fourth-order valence-corrected chi connectivity index (χ4v) is 4.07. The molecule has 0 atom stereocenters. The SMILES string of the molecule is COCCC1(CNS(=O)(=O)c2cc(C(=O)O)oc2Br)CC1. The molecule has 0 radical (unpaired) electrons. The normalized spacial score (nSPS) is 16.9. The van der Waals surface area contributed by atoms with Gasteiger partial charge in [-0.1, -0.05) is 0 Å². The molecule has 0 amide bonds. The van der Waals surface area contributed by atoms with Gasteiger partial charge in [-0.25, -0.2) is 17.9 Å². The first-order chi connectivity index (χ1) is 9.80. The highest BCUT2D eigenvalue weighted by Gasteiger charge is 2.43. The Kier molecular flexibility index (Phi) is 4.76. The van der Waals surface area contributed by atoms with Gasteiger partial charge in [0.1, 0.15) is 4.90 Å². The van der Waals surface area contributed by atoms with Crippen LogP contribution in [0.5, 0.6) is 0 Å². The van der Waals surface area contributed by atoms with Crippen LogP contribution in [0.15, 0.2) is 20.0 Å². The van der Waals surface area contributed by atoms with Gasteiger partial charge < -0.3 is 14.3 Å². The lowest BCUT2D eigenvalue weighted by Gasteiger charge is -2.15. The highest BCUT2D eigenvalue weighted by molar-refractivity contribution is 9.10. The number of aromatic carboxylic acids is 1. The zero-order chi connectivity index (χ0) is 15.7. The summed E-state index contributed by atoms with van der Waals surface area (Å²) in [7, 11) is -2.21. The van der Waals surface area contributed by atoms with E-state index in [0.29, 0.717) is 13.2 Å². The molecule has 0 aromatic carbocycles. The van der Waals surface area contributed by atoms with Gasteiger partial charge in [0.25, 0.3) is 0 Å². The van der Waals surface area contributed by atoms with Crippen molar-refractivity contribution in [1.29, 1.82) is 0 Å². The minimum Gasteiger partial charge on any atom is -0.475 e. The predicted octanol–water partition coefficient (Wildman–Crippen LogP) is 1.84. The molecule has 1 aliphatic rings. The van der Waals surface area contributed by atoms with Gasteiger partial charge in [-0.2, -0.15) is 0 Å². The van der Waals surface area contributed by atoms with Gasteiger partial charge in [0.15, 0.2) is 4.67 Å². The monoisotopic (exact) mass is 381 g/mol. The van der Waals surface area contributed by atoms with Crippen molar-refractivity contribution in [3.63, 3.8) is 0 Å². The number of carboxylic acids is 1. The second kappa shape index (κ2) is 6.07. The van der Waals surface area contributed by atoms with E-state index in [4.69, 9.17) is 14.3 Å². The van der Waals surface area contributed by atoms with Gasteiger partial charge in [0.05, 0.1) is 0 Å². The van der Waals surface area contributed by atoms with Crippen LogP contribution in [-0.4, -0.2) is 39.8 Å². The molecule has 1 aromatic rings. The van der Waals surface area contributed by atoms with Crippen molar-refractivity contribution in [3.8, 4) is 0 Å². The summed E-state index contributed by atoms with van der Waals surface area (Å²) in [6.07, 6.45) is 2.69. The Labute approximate surface area is 130 Å². The molecule has 9 heteroatoms. The van der Waals surface area contributed by atoms with Crippen LogP contribution in [0.1, 0.15) is 29.8 Å². The smallest absolute Gasteiger partial charge is 0.371 e. The summed E-state index contributed by atoms with van der Waals surface area (Å²) in [5.41, 5.74) is -0.0467. The molecular formula is C12H16BrNO6S. The summed E-state index contributed by atoms with van der Waals surface area (Å²) in [6.45, 7) is 0.888. The van der Waals surface area contributed by atoms with Crippen molar-refractivity contribution < 1.29 is 27.5 Å². The van der Waals surface area contributed by atoms with Crippen molar-refractivity contribution in [2.75, 3.05) is 20.3 Å². The zero-order valence-electron chi connectivity index (χ0n) is 11.4. The second-order valence-corrected chi connectivity index (χ2v) is 7.58. The third-order valence-electron chi connectivity index (χ3n) is 3.59. The van der Waals surface area contributed by atoms with Crippen molar-refractivity contribution in [3.05, 3.63) is 16.5 Å². The Morgan fingerprint density at radius 3 is 2.71 bits per heavy atom. The highest BCUT2D eigenvalue weighted by Crippen LogP contribution is 2.48. The number of hydrogen-bond acceptors (Lipinski definition) is 5. The van der Waals surface area contributed by atoms with Crippen molar-refractivity contribution >= 4 is 31.9 Å². The molecule has 1 aromatic heterocycles. The number of rotatable bonds is 8. The molecule has 0 aliphatic heterocycles. The van der Waals surface area contributed by atoms with E-state index in [1.807, 2.05) is 0 Å². The molecule has 2 rings (SSSR count). The van der Waals surface area contributed by atoms with Gasteiger partial charge in [0, 0.05) is 26.3 Å². The van der Waals surface area contributed by atoms with Gasteiger partial charge >= 0.3 is 5.97 Å². The molecule has 7 nitrogen and oxygen atoms in total. The van der Waals surface area contributed by atoms with Crippen LogP contribution < -0.4 is 4.72 Å². The maximum atomic E-state index is 12.2. The van der Waals surface area contributed by atoms with Gasteiger partial charge in [-0.15, -0.1) is 0 Å². The van der Waals surface area contributed by atoms with Crippen LogP contribution in [-0.2, 0) is 14.8 Å². The molecule has 1 heterocycles. The summed E-state index contributed by atoms with van der Waals surface area (Å²) < 4.78 is 36.7. The third kappa shape index (κ3) is 3.85. The number of ether oxygens (including phenoxy) is 1. The van der Waals surface area contributed by atoms with Crippen LogP contribution in [0, 0.1) is 5.41 Å². The highest BCUT2D eigenvalue weighted by atomic mass is 79.9. The van der Waals surface area contributed by atoms with E-state index in [-0.39, 0.29) is 15.0 Å². The van der Waals surface area contributed by atoms with E-state index in [1.165, 1.54) is 0 Å². The molecule has 118 valence electrons. The van der Waals surface area contributed by atoms with Crippen LogP contribution in [0.2, 0.25) is 0 Å². The Morgan fingerprint density at radius 1 is 1.57 bits per heavy atom. The number of methoxy groups -OCH3 is 1. The number of sulfonamides is 1. The van der Waals surface area contributed by atoms with E-state index < -0.39 is 21.8 Å². The fourth-order valence-electron chi connectivity index (χ4n) is 1.98. The first kappa shape index (κ1) is 16.5. The van der Waals surface area contributed by atoms with E-state index in [2.05, 4.69) is 20.7 Å². The minimum atomic E-state index is -3.82. The Morgan fingerprint density at radius 2 is 2.24 bits per heavy atom. The first-order valence-corrected chi connectivity index (χ1v) is 8.58. The van der Waals surface area contributed by atoms with Crippen LogP contribution >= 0.6 is 15.9 Å². The first-order valence-electron chi connectivity index (χ1n) is 6.31. The van der Waals surface area contributed by atoms with Crippen molar-refractivity contribution in [2.45, 2.75) is 24.2 Å². The molecule has 2 N–H and O–H groups in total. The van der Waals surface area contributed by atoms with Crippen molar-refractivity contribution in [1.82, 2.24) is 4.72 Å². The lowest BCUT2D eigenvalue weighted by Crippen LogP contribution is -2.30. The van der Waals surface area contributed by atoms with Crippen LogP contribution in [0.25, 0.3) is 0 Å². The number of hydrogen-bond donors (Lipinski definition) is 2. The average molecular weight is 382 g/mol. The molecule has 1 fully saturated rings. The van der Waals surface area contributed by atoms with Gasteiger partial charge in [-0.05, 0) is 40.6 Å². The quantitative estimate of drug-likeness (QED) is 0.711. The molecular weight excluding hydrogens is 366 g/mol. The Bertz CT molecular complexity index is 634. The van der Waals surface area contributed by atoms with Crippen LogP contribution in [0.3, 0.4) is 0 Å². The molecule has 1 aliphatic carbocycles. The number of nitrogens with one attached hydrogen (secondary N) is 1. The summed E-state index contributed by atoms with van der Waals surface area (Å²) in [4.78, 5) is 10.6.